The first-order valence-electron chi connectivity index (χ1n) is 9.56. The molecule has 1 aromatic heterocycles. The predicted molar refractivity (Wildman–Crippen MR) is 105 cm³/mol. The van der Waals surface area contributed by atoms with Gasteiger partial charge in [0.1, 0.15) is 17.3 Å². The molecule has 1 aromatic carbocycles. The molecule has 5 N–H and O–H groups in total. The zero-order chi connectivity index (χ0) is 21.0. The summed E-state index contributed by atoms with van der Waals surface area (Å²) in [4.78, 5) is 19.1. The van der Waals surface area contributed by atoms with Gasteiger partial charge in [-0.3, -0.25) is 10.1 Å². The van der Waals surface area contributed by atoms with Gasteiger partial charge in [0.25, 0.3) is 0 Å². The van der Waals surface area contributed by atoms with Crippen molar-refractivity contribution in [2.45, 2.75) is 38.6 Å². The van der Waals surface area contributed by atoms with Crippen LogP contribution in [0.3, 0.4) is 0 Å². The molecule has 1 heterocycles. The lowest BCUT2D eigenvalue weighted by atomic mass is 9.80. The number of halogens is 2. The molecule has 0 radical (unpaired) electrons. The van der Waals surface area contributed by atoms with E-state index < -0.39 is 16.6 Å². The molecule has 1 aliphatic carbocycles. The normalized spacial score (nSPS) is 19.1. The third-order valence-electron chi connectivity index (χ3n) is 5.40. The molecule has 0 spiro atoms. The molecule has 29 heavy (non-hydrogen) atoms. The minimum absolute atomic E-state index is 0.00951. The van der Waals surface area contributed by atoms with Crippen LogP contribution in [0.1, 0.15) is 36.9 Å². The van der Waals surface area contributed by atoms with Crippen molar-refractivity contribution in [3.8, 4) is 0 Å². The number of anilines is 2. The van der Waals surface area contributed by atoms with Gasteiger partial charge in [-0.05, 0) is 56.6 Å². The lowest BCUT2D eigenvalue weighted by Gasteiger charge is -2.27. The summed E-state index contributed by atoms with van der Waals surface area (Å²) in [5, 5.41) is 14.3. The maximum absolute atomic E-state index is 13.8. The number of hydrogen-bond acceptors (Lipinski definition) is 7. The number of nitrogen functional groups attached to an aromatic ring is 1. The van der Waals surface area contributed by atoms with Crippen molar-refractivity contribution in [3.05, 3.63) is 51.2 Å². The second kappa shape index (κ2) is 9.08. The third-order valence-corrected chi connectivity index (χ3v) is 5.40. The Morgan fingerprint density at radius 1 is 1.17 bits per heavy atom. The Bertz CT molecular complexity index is 887. The van der Waals surface area contributed by atoms with Crippen molar-refractivity contribution in [3.63, 3.8) is 0 Å². The van der Waals surface area contributed by atoms with Crippen LogP contribution in [-0.2, 0) is 13.0 Å². The van der Waals surface area contributed by atoms with E-state index in [0.717, 1.165) is 37.8 Å². The molecule has 0 bridgehead atoms. The topological polar surface area (TPSA) is 133 Å². The van der Waals surface area contributed by atoms with Crippen LogP contribution < -0.4 is 16.8 Å². The van der Waals surface area contributed by atoms with Gasteiger partial charge in [0.15, 0.2) is 0 Å². The monoisotopic (exact) mass is 406 g/mol. The van der Waals surface area contributed by atoms with Gasteiger partial charge in [0, 0.05) is 18.2 Å². The average molecular weight is 406 g/mol. The largest absolute Gasteiger partial charge is 0.378 e. The summed E-state index contributed by atoms with van der Waals surface area (Å²) < 4.78 is 26.8. The Labute approximate surface area is 166 Å². The highest BCUT2D eigenvalue weighted by Crippen LogP contribution is 2.34. The fourth-order valence-corrected chi connectivity index (χ4v) is 3.73. The first-order chi connectivity index (χ1) is 13.9. The van der Waals surface area contributed by atoms with Gasteiger partial charge < -0.3 is 16.8 Å². The number of nitrogens with zero attached hydrogens (tertiary/aromatic N) is 3. The van der Waals surface area contributed by atoms with Crippen molar-refractivity contribution in [2.24, 2.45) is 17.6 Å². The van der Waals surface area contributed by atoms with E-state index in [-0.39, 0.29) is 41.2 Å². The number of aromatic nitrogens is 2. The molecule has 1 aliphatic rings. The summed E-state index contributed by atoms with van der Waals surface area (Å²) in [6.45, 7) is 0.645. The fourth-order valence-electron chi connectivity index (χ4n) is 3.73. The van der Waals surface area contributed by atoms with Crippen molar-refractivity contribution in [1.29, 1.82) is 0 Å². The predicted octanol–water partition coefficient (Wildman–Crippen LogP) is 3.16. The fraction of sp³-hybridized carbons (Fsp3) is 0.474. The SMILES string of the molecule is NCC1CCC(Cc2nc(NCc3ccc(F)cc3F)nc(N)c2[N+](=O)[O-])CC1. The van der Waals surface area contributed by atoms with E-state index in [1.54, 1.807) is 0 Å². The Hall–Kier alpha value is -2.88. The molecule has 0 aliphatic heterocycles. The van der Waals surface area contributed by atoms with Gasteiger partial charge in [-0.2, -0.15) is 4.98 Å². The highest BCUT2D eigenvalue weighted by Gasteiger charge is 2.27. The Balaban J connectivity index is 1.77. The maximum atomic E-state index is 13.8. The van der Waals surface area contributed by atoms with Crippen LogP contribution in [0, 0.1) is 33.6 Å². The molecule has 10 heteroatoms. The summed E-state index contributed by atoms with van der Waals surface area (Å²) >= 11 is 0. The van der Waals surface area contributed by atoms with E-state index in [1.165, 1.54) is 6.07 Å². The summed E-state index contributed by atoms with van der Waals surface area (Å²) in [5.74, 6) is -0.786. The smallest absolute Gasteiger partial charge is 0.332 e. The minimum Gasteiger partial charge on any atom is -0.378 e. The van der Waals surface area contributed by atoms with E-state index in [1.807, 2.05) is 0 Å². The number of hydrogen-bond donors (Lipinski definition) is 3. The van der Waals surface area contributed by atoms with Crippen LogP contribution in [-0.4, -0.2) is 21.4 Å². The highest BCUT2D eigenvalue weighted by atomic mass is 19.1. The van der Waals surface area contributed by atoms with Crippen LogP contribution in [0.2, 0.25) is 0 Å². The van der Waals surface area contributed by atoms with E-state index in [9.17, 15) is 18.9 Å². The molecule has 3 rings (SSSR count). The lowest BCUT2D eigenvalue weighted by Crippen LogP contribution is -2.23. The van der Waals surface area contributed by atoms with Crippen LogP contribution in [0.25, 0.3) is 0 Å². The molecule has 1 saturated carbocycles. The number of nitrogens with one attached hydrogen (secondary N) is 1. The lowest BCUT2D eigenvalue weighted by molar-refractivity contribution is -0.385. The molecular formula is C19H24F2N6O2. The number of nitro groups is 1. The van der Waals surface area contributed by atoms with E-state index in [4.69, 9.17) is 11.5 Å². The number of nitrogens with two attached hydrogens (primary N) is 2. The molecule has 0 atom stereocenters. The zero-order valence-corrected chi connectivity index (χ0v) is 15.9. The molecule has 0 unspecified atom stereocenters. The van der Waals surface area contributed by atoms with Gasteiger partial charge >= 0.3 is 5.69 Å². The van der Waals surface area contributed by atoms with Gasteiger partial charge in [-0.15, -0.1) is 0 Å². The zero-order valence-electron chi connectivity index (χ0n) is 15.9. The van der Waals surface area contributed by atoms with Crippen molar-refractivity contribution < 1.29 is 13.7 Å². The summed E-state index contributed by atoms with van der Waals surface area (Å²) in [6, 6.07) is 3.24. The van der Waals surface area contributed by atoms with Gasteiger partial charge in [0.05, 0.1) is 4.92 Å². The van der Waals surface area contributed by atoms with Gasteiger partial charge in [-0.25, -0.2) is 13.8 Å². The maximum Gasteiger partial charge on any atom is 0.332 e. The summed E-state index contributed by atoms with van der Waals surface area (Å²) in [6.07, 6.45) is 4.24. The summed E-state index contributed by atoms with van der Waals surface area (Å²) in [5.41, 5.74) is 11.7. The average Bonchev–Trinajstić information content (AvgIpc) is 2.67. The van der Waals surface area contributed by atoms with Crippen molar-refractivity contribution in [2.75, 3.05) is 17.6 Å². The van der Waals surface area contributed by atoms with Gasteiger partial charge in [-0.1, -0.05) is 6.07 Å². The van der Waals surface area contributed by atoms with Crippen molar-refractivity contribution in [1.82, 2.24) is 9.97 Å². The van der Waals surface area contributed by atoms with E-state index >= 15 is 0 Å². The Morgan fingerprint density at radius 3 is 2.48 bits per heavy atom. The number of benzene rings is 1. The molecule has 0 amide bonds. The van der Waals surface area contributed by atoms with Crippen LogP contribution in [0.4, 0.5) is 26.2 Å². The first kappa shape index (κ1) is 20.8. The molecular weight excluding hydrogens is 382 g/mol. The number of rotatable bonds is 7. The quantitative estimate of drug-likeness (QED) is 0.475. The first-order valence-corrected chi connectivity index (χ1v) is 9.56. The van der Waals surface area contributed by atoms with E-state index in [2.05, 4.69) is 15.3 Å². The molecule has 8 nitrogen and oxygen atoms in total. The van der Waals surface area contributed by atoms with Crippen molar-refractivity contribution >= 4 is 17.5 Å². The highest BCUT2D eigenvalue weighted by molar-refractivity contribution is 5.58. The van der Waals surface area contributed by atoms with Crippen LogP contribution >= 0.6 is 0 Å². The summed E-state index contributed by atoms with van der Waals surface area (Å²) in [7, 11) is 0. The second-order valence-corrected chi connectivity index (χ2v) is 7.40. The molecule has 0 saturated heterocycles. The third kappa shape index (κ3) is 5.14. The standard InChI is InChI=1S/C19H24F2N6O2/c20-14-6-5-13(15(21)8-14)10-24-19-25-16(17(27(28)29)18(23)26-19)7-11-1-3-12(9-22)4-2-11/h5-6,8,11-12H,1-4,7,9-10,22H2,(H3,23,24,25,26). The molecule has 2 aromatic rings. The van der Waals surface area contributed by atoms with Crippen LogP contribution in [0.5, 0.6) is 0 Å². The van der Waals surface area contributed by atoms with E-state index in [0.29, 0.717) is 18.9 Å². The Kier molecular flexibility index (Phi) is 6.53. The Morgan fingerprint density at radius 2 is 1.86 bits per heavy atom. The second-order valence-electron chi connectivity index (χ2n) is 7.40. The molecule has 156 valence electrons. The molecule has 1 fully saturated rings. The van der Waals surface area contributed by atoms with Crippen LogP contribution in [0.15, 0.2) is 18.2 Å². The van der Waals surface area contributed by atoms with Gasteiger partial charge in [0.2, 0.25) is 11.8 Å². The minimum atomic E-state index is -0.704.